The quantitative estimate of drug-likeness (QED) is 0.495. The zero-order chi connectivity index (χ0) is 16.4. The van der Waals surface area contributed by atoms with Gasteiger partial charge < -0.3 is 0 Å². The summed E-state index contributed by atoms with van der Waals surface area (Å²) in [4.78, 5) is 26.8. The number of thiazole rings is 1. The number of halogens is 1. The number of amides is 1. The molecule has 0 aliphatic rings. The van der Waals surface area contributed by atoms with Crippen LogP contribution in [0.2, 0.25) is 0 Å². The molecule has 0 aliphatic heterocycles. The summed E-state index contributed by atoms with van der Waals surface area (Å²) in [5.74, 6) is -0.403. The molecule has 23 heavy (non-hydrogen) atoms. The number of carbonyl (C=O) groups is 1. The van der Waals surface area contributed by atoms with E-state index in [-0.39, 0.29) is 9.88 Å². The Balaban J connectivity index is 1.74. The van der Waals surface area contributed by atoms with Crippen LogP contribution in [0.15, 0.2) is 46.3 Å². The zero-order valence-corrected chi connectivity index (χ0v) is 14.6. The second-order valence-corrected chi connectivity index (χ2v) is 7.23. The number of nitrogens with one attached hydrogen (secondary N) is 1. The summed E-state index contributed by atoms with van der Waals surface area (Å²) >= 11 is 5.51. The number of rotatable bonds is 4. The Morgan fingerprint density at radius 2 is 1.96 bits per heavy atom. The van der Waals surface area contributed by atoms with Gasteiger partial charge in [0.05, 0.1) is 15.5 Å². The first-order valence-electron chi connectivity index (χ1n) is 6.30. The molecule has 2 aromatic heterocycles. The fourth-order valence-electron chi connectivity index (χ4n) is 1.79. The molecule has 0 spiro atoms. The van der Waals surface area contributed by atoms with Gasteiger partial charge in [-0.2, -0.15) is 0 Å². The number of aromatic nitrogens is 1. The molecule has 9 heteroatoms. The summed E-state index contributed by atoms with van der Waals surface area (Å²) in [7, 11) is 0. The summed E-state index contributed by atoms with van der Waals surface area (Å²) in [6.07, 6.45) is 0. The molecule has 0 fully saturated rings. The molecule has 0 unspecified atom stereocenters. The maximum atomic E-state index is 12.1. The Morgan fingerprint density at radius 1 is 1.22 bits per heavy atom. The van der Waals surface area contributed by atoms with Crippen LogP contribution in [0.25, 0.3) is 11.3 Å². The summed E-state index contributed by atoms with van der Waals surface area (Å²) in [6, 6.07) is 10.4. The Labute approximate surface area is 147 Å². The van der Waals surface area contributed by atoms with E-state index in [0.29, 0.717) is 5.13 Å². The number of nitro groups is 1. The molecule has 0 radical (unpaired) electrons. The van der Waals surface area contributed by atoms with Crippen LogP contribution in [0.4, 0.5) is 10.1 Å². The van der Waals surface area contributed by atoms with Gasteiger partial charge in [-0.3, -0.25) is 20.2 Å². The van der Waals surface area contributed by atoms with E-state index in [1.165, 1.54) is 23.5 Å². The van der Waals surface area contributed by atoms with Crippen LogP contribution in [0.1, 0.15) is 9.67 Å². The number of anilines is 1. The molecular weight excluding hydrogens is 402 g/mol. The Morgan fingerprint density at radius 3 is 2.61 bits per heavy atom. The summed E-state index contributed by atoms with van der Waals surface area (Å²) in [5, 5.41) is 15.5. The van der Waals surface area contributed by atoms with Crippen LogP contribution < -0.4 is 5.32 Å². The van der Waals surface area contributed by atoms with Gasteiger partial charge in [-0.1, -0.05) is 39.4 Å². The molecule has 0 aliphatic carbocycles. The standard InChI is InChI=1S/C14H8BrN3O3S2/c15-9-3-1-8(2-4-9)10-7-22-14(16-10)17-13(19)11-5-6-12(23-11)18(20)21/h1-7H,(H,16,17,19). The maximum absolute atomic E-state index is 12.1. The van der Waals surface area contributed by atoms with Crippen LogP contribution in [0.5, 0.6) is 0 Å². The van der Waals surface area contributed by atoms with Crippen LogP contribution in [0, 0.1) is 10.1 Å². The average Bonchev–Trinajstić information content (AvgIpc) is 3.17. The van der Waals surface area contributed by atoms with Crippen molar-refractivity contribution < 1.29 is 9.72 Å². The van der Waals surface area contributed by atoms with E-state index >= 15 is 0 Å². The monoisotopic (exact) mass is 409 g/mol. The van der Waals surface area contributed by atoms with E-state index in [4.69, 9.17) is 0 Å². The van der Waals surface area contributed by atoms with Crippen molar-refractivity contribution in [2.24, 2.45) is 0 Å². The highest BCUT2D eigenvalue weighted by Gasteiger charge is 2.16. The molecule has 116 valence electrons. The first kappa shape index (κ1) is 15.8. The van der Waals surface area contributed by atoms with E-state index in [0.717, 1.165) is 27.1 Å². The maximum Gasteiger partial charge on any atom is 0.324 e. The second kappa shape index (κ2) is 6.57. The molecule has 6 nitrogen and oxygen atoms in total. The van der Waals surface area contributed by atoms with Gasteiger partial charge in [-0.05, 0) is 18.2 Å². The van der Waals surface area contributed by atoms with Crippen LogP contribution in [0.3, 0.4) is 0 Å². The molecule has 0 saturated carbocycles. The molecule has 2 heterocycles. The first-order chi connectivity index (χ1) is 11.0. The summed E-state index contributed by atoms with van der Waals surface area (Å²) in [6.45, 7) is 0. The van der Waals surface area contributed by atoms with Crippen molar-refractivity contribution in [1.29, 1.82) is 0 Å². The van der Waals surface area contributed by atoms with Crippen molar-refractivity contribution in [3.63, 3.8) is 0 Å². The van der Waals surface area contributed by atoms with Crippen LogP contribution in [-0.2, 0) is 0 Å². The van der Waals surface area contributed by atoms with E-state index in [1.807, 2.05) is 29.6 Å². The normalized spacial score (nSPS) is 10.5. The molecule has 3 aromatic rings. The lowest BCUT2D eigenvalue weighted by molar-refractivity contribution is -0.380. The lowest BCUT2D eigenvalue weighted by Gasteiger charge is -1.98. The summed E-state index contributed by atoms with van der Waals surface area (Å²) < 4.78 is 0.976. The van der Waals surface area contributed by atoms with Gasteiger partial charge in [0.25, 0.3) is 5.91 Å². The fraction of sp³-hybridized carbons (Fsp3) is 0. The second-order valence-electron chi connectivity index (χ2n) is 4.39. The van der Waals surface area contributed by atoms with Gasteiger partial charge >= 0.3 is 5.00 Å². The van der Waals surface area contributed by atoms with Gasteiger partial charge in [-0.25, -0.2) is 4.98 Å². The van der Waals surface area contributed by atoms with Gasteiger partial charge in [0.15, 0.2) is 5.13 Å². The fourth-order valence-corrected chi connectivity index (χ4v) is 3.49. The number of hydrogen-bond acceptors (Lipinski definition) is 6. The van der Waals surface area contributed by atoms with E-state index in [2.05, 4.69) is 26.2 Å². The summed E-state index contributed by atoms with van der Waals surface area (Å²) in [5.41, 5.74) is 1.70. The third-order valence-corrected chi connectivity index (χ3v) is 5.18. The van der Waals surface area contributed by atoms with Crippen molar-refractivity contribution in [1.82, 2.24) is 4.98 Å². The highest BCUT2D eigenvalue weighted by Crippen LogP contribution is 2.28. The largest absolute Gasteiger partial charge is 0.324 e. The van der Waals surface area contributed by atoms with Crippen molar-refractivity contribution in [3.05, 3.63) is 61.2 Å². The Hall–Kier alpha value is -2.10. The van der Waals surface area contributed by atoms with Crippen molar-refractivity contribution in [2.75, 3.05) is 5.32 Å². The third kappa shape index (κ3) is 3.63. The van der Waals surface area contributed by atoms with Crippen LogP contribution in [-0.4, -0.2) is 15.8 Å². The van der Waals surface area contributed by atoms with Crippen LogP contribution >= 0.6 is 38.6 Å². The molecule has 1 aromatic carbocycles. The number of nitrogens with zero attached hydrogens (tertiary/aromatic N) is 2. The van der Waals surface area contributed by atoms with E-state index < -0.39 is 10.8 Å². The predicted molar refractivity (Wildman–Crippen MR) is 94.2 cm³/mol. The number of carbonyl (C=O) groups excluding carboxylic acids is 1. The SMILES string of the molecule is O=C(Nc1nc(-c2ccc(Br)cc2)cs1)c1ccc([N+](=O)[O-])s1. The first-order valence-corrected chi connectivity index (χ1v) is 8.79. The van der Waals surface area contributed by atoms with Crippen molar-refractivity contribution >= 4 is 54.6 Å². The number of thiophene rings is 1. The van der Waals surface area contributed by atoms with Gasteiger partial charge in [0.1, 0.15) is 0 Å². The topological polar surface area (TPSA) is 85.1 Å². The Kier molecular flexibility index (Phi) is 4.51. The molecule has 0 bridgehead atoms. The minimum atomic E-state index is -0.517. The van der Waals surface area contributed by atoms with Gasteiger partial charge in [0, 0.05) is 21.5 Å². The number of hydrogen-bond donors (Lipinski definition) is 1. The lowest BCUT2D eigenvalue weighted by atomic mass is 10.2. The lowest BCUT2D eigenvalue weighted by Crippen LogP contribution is -2.09. The zero-order valence-electron chi connectivity index (χ0n) is 11.4. The van der Waals surface area contributed by atoms with Gasteiger partial charge in [-0.15, -0.1) is 11.3 Å². The van der Waals surface area contributed by atoms with Crippen molar-refractivity contribution in [2.45, 2.75) is 0 Å². The smallest absolute Gasteiger partial charge is 0.297 e. The predicted octanol–water partition coefficient (Wildman–Crippen LogP) is 4.79. The van der Waals surface area contributed by atoms with E-state index in [1.54, 1.807) is 0 Å². The molecular formula is C14H8BrN3O3S2. The van der Waals surface area contributed by atoms with E-state index in [9.17, 15) is 14.9 Å². The minimum Gasteiger partial charge on any atom is -0.297 e. The highest BCUT2D eigenvalue weighted by atomic mass is 79.9. The number of benzene rings is 1. The Bertz CT molecular complexity index is 874. The van der Waals surface area contributed by atoms with Crippen molar-refractivity contribution in [3.8, 4) is 11.3 Å². The third-order valence-electron chi connectivity index (χ3n) is 2.86. The molecule has 0 atom stereocenters. The minimum absolute atomic E-state index is 0.0650. The average molecular weight is 410 g/mol. The molecule has 1 N–H and O–H groups in total. The molecule has 0 saturated heterocycles. The highest BCUT2D eigenvalue weighted by molar-refractivity contribution is 9.10. The molecule has 3 rings (SSSR count). The van der Waals surface area contributed by atoms with Gasteiger partial charge in [0.2, 0.25) is 0 Å². The molecule has 1 amide bonds.